The molecule has 128 valence electrons. The van der Waals surface area contributed by atoms with Gasteiger partial charge in [-0.25, -0.2) is 0 Å². The molecule has 2 aromatic carbocycles. The molecular weight excluding hydrogens is 308 g/mol. The van der Waals surface area contributed by atoms with Gasteiger partial charge in [0.25, 0.3) is 0 Å². The molecule has 2 aromatic rings. The third kappa shape index (κ3) is 3.43. The van der Waals surface area contributed by atoms with Crippen molar-refractivity contribution in [2.45, 2.75) is 27.2 Å². The zero-order chi connectivity index (χ0) is 17.8. The van der Waals surface area contributed by atoms with E-state index in [0.717, 1.165) is 11.1 Å². The summed E-state index contributed by atoms with van der Waals surface area (Å²) in [6, 6.07) is 20.6. The van der Waals surface area contributed by atoms with Crippen molar-refractivity contribution in [2.75, 3.05) is 6.61 Å². The standard InChI is InChI=1S/C23H24O2/c1-4-25-23(24)20-15-16(2)21(18-11-7-5-8-12-18)17(3)22(20)19-13-9-6-10-14-19/h5-14,20H,4,15H2,1-3H3. The van der Waals surface area contributed by atoms with Gasteiger partial charge in [-0.3, -0.25) is 4.79 Å². The van der Waals surface area contributed by atoms with Crippen LogP contribution in [-0.2, 0) is 9.53 Å². The highest BCUT2D eigenvalue weighted by molar-refractivity contribution is 5.99. The Balaban J connectivity index is 2.16. The molecule has 1 aliphatic carbocycles. The lowest BCUT2D eigenvalue weighted by Gasteiger charge is -2.30. The highest BCUT2D eigenvalue weighted by Gasteiger charge is 2.32. The molecule has 0 saturated carbocycles. The number of carbonyl (C=O) groups is 1. The van der Waals surface area contributed by atoms with E-state index in [9.17, 15) is 4.79 Å². The maximum Gasteiger partial charge on any atom is 0.313 e. The Morgan fingerprint density at radius 3 is 2.08 bits per heavy atom. The van der Waals surface area contributed by atoms with Crippen LogP contribution in [0.15, 0.2) is 71.8 Å². The Kier molecular flexibility index (Phi) is 5.18. The van der Waals surface area contributed by atoms with Gasteiger partial charge in [0, 0.05) is 0 Å². The first-order chi connectivity index (χ1) is 12.1. The number of hydrogen-bond donors (Lipinski definition) is 0. The fourth-order valence-corrected chi connectivity index (χ4v) is 3.77. The van der Waals surface area contributed by atoms with Crippen LogP contribution in [0.5, 0.6) is 0 Å². The van der Waals surface area contributed by atoms with Gasteiger partial charge >= 0.3 is 5.97 Å². The van der Waals surface area contributed by atoms with E-state index < -0.39 is 0 Å². The lowest BCUT2D eigenvalue weighted by molar-refractivity contribution is -0.145. The lowest BCUT2D eigenvalue weighted by Crippen LogP contribution is -2.23. The van der Waals surface area contributed by atoms with Crippen molar-refractivity contribution in [3.05, 3.63) is 82.9 Å². The molecular formula is C23H24O2. The van der Waals surface area contributed by atoms with Crippen LogP contribution in [0.1, 0.15) is 38.3 Å². The summed E-state index contributed by atoms with van der Waals surface area (Å²) in [6.07, 6.45) is 0.699. The van der Waals surface area contributed by atoms with Gasteiger partial charge < -0.3 is 4.74 Å². The highest BCUT2D eigenvalue weighted by atomic mass is 16.5. The molecule has 0 spiro atoms. The second kappa shape index (κ2) is 7.52. The molecule has 3 rings (SSSR count). The average Bonchev–Trinajstić information content (AvgIpc) is 2.63. The molecule has 0 heterocycles. The van der Waals surface area contributed by atoms with Crippen molar-refractivity contribution in [2.24, 2.45) is 5.92 Å². The summed E-state index contributed by atoms with van der Waals surface area (Å²) in [7, 11) is 0. The van der Waals surface area contributed by atoms with Crippen LogP contribution in [0, 0.1) is 5.92 Å². The van der Waals surface area contributed by atoms with Crippen LogP contribution < -0.4 is 0 Å². The first-order valence-electron chi connectivity index (χ1n) is 8.81. The van der Waals surface area contributed by atoms with Crippen LogP contribution in [0.2, 0.25) is 0 Å². The minimum atomic E-state index is -0.241. The zero-order valence-electron chi connectivity index (χ0n) is 15.1. The molecule has 1 atom stereocenters. The van der Waals surface area contributed by atoms with Crippen LogP contribution >= 0.6 is 0 Å². The summed E-state index contributed by atoms with van der Waals surface area (Å²) in [6.45, 7) is 6.52. The lowest BCUT2D eigenvalue weighted by atomic mass is 9.75. The molecule has 0 radical (unpaired) electrons. The summed E-state index contributed by atoms with van der Waals surface area (Å²) in [5.74, 6) is -0.373. The van der Waals surface area contributed by atoms with E-state index in [-0.39, 0.29) is 11.9 Å². The highest BCUT2D eigenvalue weighted by Crippen LogP contribution is 2.44. The van der Waals surface area contributed by atoms with E-state index in [1.165, 1.54) is 22.3 Å². The van der Waals surface area contributed by atoms with E-state index in [2.05, 4.69) is 50.2 Å². The van der Waals surface area contributed by atoms with Gasteiger partial charge in [0.15, 0.2) is 0 Å². The predicted octanol–water partition coefficient (Wildman–Crippen LogP) is 5.52. The van der Waals surface area contributed by atoms with Gasteiger partial charge in [-0.05, 0) is 55.0 Å². The summed E-state index contributed by atoms with van der Waals surface area (Å²) in [5.41, 5.74) is 7.04. The van der Waals surface area contributed by atoms with Crippen LogP contribution in [0.4, 0.5) is 0 Å². The maximum atomic E-state index is 12.6. The van der Waals surface area contributed by atoms with Crippen molar-refractivity contribution >= 4 is 17.1 Å². The molecule has 1 aliphatic rings. The minimum absolute atomic E-state index is 0.132. The van der Waals surface area contributed by atoms with Crippen LogP contribution in [0.3, 0.4) is 0 Å². The average molecular weight is 332 g/mol. The minimum Gasteiger partial charge on any atom is -0.466 e. The third-order valence-electron chi connectivity index (χ3n) is 4.78. The van der Waals surface area contributed by atoms with E-state index in [1.807, 2.05) is 31.2 Å². The zero-order valence-corrected chi connectivity index (χ0v) is 15.1. The van der Waals surface area contributed by atoms with E-state index >= 15 is 0 Å². The van der Waals surface area contributed by atoms with Crippen molar-refractivity contribution in [1.29, 1.82) is 0 Å². The Hall–Kier alpha value is -2.61. The molecule has 0 amide bonds. The first kappa shape index (κ1) is 17.2. The van der Waals surface area contributed by atoms with Gasteiger partial charge in [-0.1, -0.05) is 66.2 Å². The summed E-state index contributed by atoms with van der Waals surface area (Å²) < 4.78 is 5.38. The van der Waals surface area contributed by atoms with E-state index in [1.54, 1.807) is 0 Å². The van der Waals surface area contributed by atoms with E-state index in [0.29, 0.717) is 13.0 Å². The SMILES string of the molecule is CCOC(=O)C1CC(C)=C(c2ccccc2)C(C)=C1c1ccccc1. The Labute approximate surface area is 149 Å². The van der Waals surface area contributed by atoms with E-state index in [4.69, 9.17) is 4.74 Å². The quantitative estimate of drug-likeness (QED) is 0.689. The number of benzene rings is 2. The molecule has 2 nitrogen and oxygen atoms in total. The number of ether oxygens (including phenoxy) is 1. The van der Waals surface area contributed by atoms with Crippen molar-refractivity contribution in [3.63, 3.8) is 0 Å². The van der Waals surface area contributed by atoms with Crippen LogP contribution in [-0.4, -0.2) is 12.6 Å². The number of rotatable bonds is 4. The molecule has 0 bridgehead atoms. The molecule has 25 heavy (non-hydrogen) atoms. The molecule has 2 heteroatoms. The Morgan fingerprint density at radius 1 is 0.960 bits per heavy atom. The monoisotopic (exact) mass is 332 g/mol. The van der Waals surface area contributed by atoms with Crippen molar-refractivity contribution < 1.29 is 9.53 Å². The fraction of sp³-hybridized carbons (Fsp3) is 0.261. The molecule has 0 saturated heterocycles. The second-order valence-corrected chi connectivity index (χ2v) is 6.43. The van der Waals surface area contributed by atoms with Crippen molar-refractivity contribution in [1.82, 2.24) is 0 Å². The summed E-state index contributed by atoms with van der Waals surface area (Å²) >= 11 is 0. The predicted molar refractivity (Wildman–Crippen MR) is 103 cm³/mol. The maximum absolute atomic E-state index is 12.6. The third-order valence-corrected chi connectivity index (χ3v) is 4.78. The Bertz CT molecular complexity index is 814. The number of esters is 1. The normalized spacial score (nSPS) is 17.6. The Morgan fingerprint density at radius 2 is 1.52 bits per heavy atom. The van der Waals surface area contributed by atoms with Crippen molar-refractivity contribution in [3.8, 4) is 0 Å². The second-order valence-electron chi connectivity index (χ2n) is 6.43. The summed E-state index contributed by atoms with van der Waals surface area (Å²) in [4.78, 5) is 12.6. The molecule has 0 fully saturated rings. The summed E-state index contributed by atoms with van der Waals surface area (Å²) in [5, 5.41) is 0. The number of allylic oxidation sites excluding steroid dienone is 3. The van der Waals surface area contributed by atoms with Gasteiger partial charge in [-0.2, -0.15) is 0 Å². The smallest absolute Gasteiger partial charge is 0.313 e. The van der Waals surface area contributed by atoms with Gasteiger partial charge in [0.2, 0.25) is 0 Å². The molecule has 0 aromatic heterocycles. The fourth-order valence-electron chi connectivity index (χ4n) is 3.77. The van der Waals surface area contributed by atoms with Gasteiger partial charge in [0.1, 0.15) is 0 Å². The topological polar surface area (TPSA) is 26.3 Å². The largest absolute Gasteiger partial charge is 0.466 e. The first-order valence-corrected chi connectivity index (χ1v) is 8.81. The van der Waals surface area contributed by atoms with Crippen LogP contribution in [0.25, 0.3) is 11.1 Å². The number of carbonyl (C=O) groups excluding carboxylic acids is 1. The molecule has 0 N–H and O–H groups in total. The molecule has 1 unspecified atom stereocenters. The number of hydrogen-bond acceptors (Lipinski definition) is 2. The van der Waals surface area contributed by atoms with Gasteiger partial charge in [0.05, 0.1) is 12.5 Å². The van der Waals surface area contributed by atoms with Gasteiger partial charge in [-0.15, -0.1) is 0 Å². The molecule has 0 aliphatic heterocycles.